The number of para-hydroxylation sites is 2. The van der Waals surface area contributed by atoms with Crippen LogP contribution < -0.4 is 4.74 Å². The minimum absolute atomic E-state index is 0.292. The maximum Gasteiger partial charge on any atom is 0.245 e. The van der Waals surface area contributed by atoms with Crippen molar-refractivity contribution in [2.75, 3.05) is 20.2 Å². The van der Waals surface area contributed by atoms with Crippen LogP contribution in [0.4, 0.5) is 0 Å². The van der Waals surface area contributed by atoms with Gasteiger partial charge in [0.15, 0.2) is 0 Å². The molecule has 194 valence electrons. The first kappa shape index (κ1) is 24.6. The Morgan fingerprint density at radius 1 is 0.947 bits per heavy atom. The molecule has 1 saturated heterocycles. The predicted molar refractivity (Wildman–Crippen MR) is 151 cm³/mol. The smallest absolute Gasteiger partial charge is 0.245 e. The van der Waals surface area contributed by atoms with Gasteiger partial charge in [-0.05, 0) is 67.1 Å². The highest BCUT2D eigenvalue weighted by molar-refractivity contribution is 7.89. The highest BCUT2D eigenvalue weighted by Gasteiger charge is 2.33. The first-order valence-electron chi connectivity index (χ1n) is 13.0. The third-order valence-corrected chi connectivity index (χ3v) is 9.76. The van der Waals surface area contributed by atoms with Crippen molar-refractivity contribution in [2.45, 2.75) is 37.1 Å². The summed E-state index contributed by atoms with van der Waals surface area (Å²) in [6.45, 7) is 3.93. The molecule has 5 aromatic rings. The molecule has 0 aliphatic carbocycles. The molecule has 0 unspecified atom stereocenters. The first-order chi connectivity index (χ1) is 18.5. The fraction of sp³-hybridized carbons (Fsp3) is 0.258. The van der Waals surface area contributed by atoms with Crippen molar-refractivity contribution in [1.29, 1.82) is 0 Å². The van der Waals surface area contributed by atoms with Crippen LogP contribution in [0.15, 0.2) is 90.0 Å². The Morgan fingerprint density at radius 3 is 2.53 bits per heavy atom. The zero-order chi connectivity index (χ0) is 26.3. The zero-order valence-corrected chi connectivity index (χ0v) is 22.5. The lowest BCUT2D eigenvalue weighted by Gasteiger charge is -2.32. The van der Waals surface area contributed by atoms with E-state index in [2.05, 4.69) is 52.9 Å². The van der Waals surface area contributed by atoms with E-state index in [1.54, 1.807) is 29.7 Å². The Morgan fingerprint density at radius 2 is 1.71 bits per heavy atom. The number of hydrogen-bond acceptors (Lipinski definition) is 4. The third kappa shape index (κ3) is 4.25. The van der Waals surface area contributed by atoms with Crippen molar-refractivity contribution in [3.8, 4) is 5.75 Å². The van der Waals surface area contributed by atoms with Crippen LogP contribution in [0.2, 0.25) is 0 Å². The van der Waals surface area contributed by atoms with Crippen molar-refractivity contribution in [3.63, 3.8) is 0 Å². The Balaban J connectivity index is 1.29. The predicted octanol–water partition coefficient (Wildman–Crippen LogP) is 6.12. The van der Waals surface area contributed by atoms with E-state index < -0.39 is 10.0 Å². The molecule has 0 spiro atoms. The second-order valence-corrected chi connectivity index (χ2v) is 11.9. The van der Waals surface area contributed by atoms with E-state index >= 15 is 0 Å². The SMILES string of the molecule is COc1cccc(Cn2c(C)c(C3CCN(S(=O)(=O)c4cccc5cccnc45)CC3)c3ccccc32)c1. The summed E-state index contributed by atoms with van der Waals surface area (Å²) < 4.78 is 36.8. The van der Waals surface area contributed by atoms with Crippen molar-refractivity contribution < 1.29 is 13.2 Å². The van der Waals surface area contributed by atoms with Crippen LogP contribution in [0.5, 0.6) is 5.75 Å². The molecule has 0 bridgehead atoms. The lowest BCUT2D eigenvalue weighted by molar-refractivity contribution is 0.320. The minimum Gasteiger partial charge on any atom is -0.497 e. The van der Waals surface area contributed by atoms with Gasteiger partial charge in [0.25, 0.3) is 0 Å². The Kier molecular flexibility index (Phi) is 6.41. The Bertz CT molecular complexity index is 1730. The standard InChI is InChI=1S/C31H31N3O3S/c1-22-30(27-12-3-4-13-28(27)34(22)21-23-8-5-11-26(20-23)37-2)24-15-18-33(19-16-24)38(35,36)29-14-6-9-25-10-7-17-32-31(25)29/h3-14,17,20,24H,15-16,18-19,21H2,1-2H3. The third-order valence-electron chi connectivity index (χ3n) is 7.83. The van der Waals surface area contributed by atoms with Gasteiger partial charge in [-0.15, -0.1) is 0 Å². The molecule has 7 heteroatoms. The molecule has 6 rings (SSSR count). The highest BCUT2D eigenvalue weighted by atomic mass is 32.2. The van der Waals surface area contributed by atoms with Crippen molar-refractivity contribution >= 4 is 31.8 Å². The van der Waals surface area contributed by atoms with Crippen LogP contribution in [0.1, 0.15) is 35.6 Å². The highest BCUT2D eigenvalue weighted by Crippen LogP contribution is 2.39. The molecule has 6 nitrogen and oxygen atoms in total. The Labute approximate surface area is 223 Å². The van der Waals surface area contributed by atoms with E-state index in [4.69, 9.17) is 4.74 Å². The van der Waals surface area contributed by atoms with Crippen molar-refractivity contribution in [1.82, 2.24) is 13.9 Å². The van der Waals surface area contributed by atoms with Crippen LogP contribution in [-0.4, -0.2) is 42.5 Å². The summed E-state index contributed by atoms with van der Waals surface area (Å²) in [5.41, 5.74) is 5.51. The summed E-state index contributed by atoms with van der Waals surface area (Å²) in [5, 5.41) is 2.09. The Hall–Kier alpha value is -3.68. The van der Waals surface area contributed by atoms with Gasteiger partial charge >= 0.3 is 0 Å². The molecule has 2 aromatic heterocycles. The molecule has 1 aliphatic heterocycles. The van der Waals surface area contributed by atoms with E-state index in [1.165, 1.54) is 27.7 Å². The normalized spacial score (nSPS) is 15.3. The molecule has 38 heavy (non-hydrogen) atoms. The van der Waals surface area contributed by atoms with Gasteiger partial charge in [-0.3, -0.25) is 4.98 Å². The maximum absolute atomic E-state index is 13.7. The van der Waals surface area contributed by atoms with E-state index in [1.807, 2.05) is 30.3 Å². The van der Waals surface area contributed by atoms with Crippen molar-refractivity contribution in [3.05, 3.63) is 102 Å². The fourth-order valence-electron chi connectivity index (χ4n) is 5.94. The lowest BCUT2D eigenvalue weighted by atomic mass is 9.88. The average Bonchev–Trinajstić information content (AvgIpc) is 3.23. The number of aromatic nitrogens is 2. The van der Waals surface area contributed by atoms with Gasteiger partial charge in [0.2, 0.25) is 10.0 Å². The molecule has 0 radical (unpaired) electrons. The number of pyridine rings is 1. The second kappa shape index (κ2) is 9.89. The molecule has 3 heterocycles. The van der Waals surface area contributed by atoms with Gasteiger partial charge in [0.1, 0.15) is 10.6 Å². The molecule has 0 saturated carbocycles. The zero-order valence-electron chi connectivity index (χ0n) is 21.7. The number of fused-ring (bicyclic) bond motifs is 2. The van der Waals surface area contributed by atoms with Crippen LogP contribution >= 0.6 is 0 Å². The largest absolute Gasteiger partial charge is 0.497 e. The summed E-state index contributed by atoms with van der Waals surface area (Å²) >= 11 is 0. The van der Waals surface area contributed by atoms with Gasteiger partial charge in [-0.25, -0.2) is 8.42 Å². The number of sulfonamides is 1. The van der Waals surface area contributed by atoms with E-state index in [0.717, 1.165) is 30.5 Å². The summed E-state index contributed by atoms with van der Waals surface area (Å²) in [4.78, 5) is 4.67. The summed E-state index contributed by atoms with van der Waals surface area (Å²) in [7, 11) is -1.94. The van der Waals surface area contributed by atoms with E-state index in [0.29, 0.717) is 29.4 Å². The quantitative estimate of drug-likeness (QED) is 0.268. The summed E-state index contributed by atoms with van der Waals surface area (Å²) in [6, 6.07) is 25.9. The van der Waals surface area contributed by atoms with Gasteiger partial charge in [0.05, 0.1) is 12.6 Å². The topological polar surface area (TPSA) is 64.4 Å². The molecule has 0 amide bonds. The van der Waals surface area contributed by atoms with Crippen LogP contribution in [0.25, 0.3) is 21.8 Å². The summed E-state index contributed by atoms with van der Waals surface area (Å²) in [6.07, 6.45) is 3.22. The fourth-order valence-corrected chi connectivity index (χ4v) is 7.57. The number of rotatable bonds is 6. The number of hydrogen-bond donors (Lipinski definition) is 0. The van der Waals surface area contributed by atoms with E-state index in [-0.39, 0.29) is 0 Å². The number of nitrogens with zero attached hydrogens (tertiary/aromatic N) is 3. The molecule has 1 aliphatic rings. The maximum atomic E-state index is 13.7. The molecular formula is C31H31N3O3S. The van der Waals surface area contributed by atoms with Crippen molar-refractivity contribution in [2.24, 2.45) is 0 Å². The van der Waals surface area contributed by atoms with Crippen LogP contribution in [-0.2, 0) is 16.6 Å². The second-order valence-electron chi connectivity index (χ2n) is 9.96. The van der Waals surface area contributed by atoms with Gasteiger partial charge in [0, 0.05) is 47.8 Å². The van der Waals surface area contributed by atoms with Crippen LogP contribution in [0.3, 0.4) is 0 Å². The number of benzene rings is 3. The average molecular weight is 526 g/mol. The summed E-state index contributed by atoms with van der Waals surface area (Å²) in [5.74, 6) is 1.15. The van der Waals surface area contributed by atoms with E-state index in [9.17, 15) is 8.42 Å². The lowest BCUT2D eigenvalue weighted by Crippen LogP contribution is -2.38. The van der Waals surface area contributed by atoms with Gasteiger partial charge in [-0.1, -0.05) is 48.5 Å². The molecule has 0 atom stereocenters. The minimum atomic E-state index is -3.64. The number of methoxy groups -OCH3 is 1. The molecule has 1 fully saturated rings. The molecular weight excluding hydrogens is 494 g/mol. The molecule has 0 N–H and O–H groups in total. The number of ether oxygens (including phenoxy) is 1. The monoisotopic (exact) mass is 525 g/mol. The van der Waals surface area contributed by atoms with Crippen LogP contribution in [0, 0.1) is 6.92 Å². The molecule has 3 aromatic carbocycles. The number of piperidine rings is 1. The first-order valence-corrected chi connectivity index (χ1v) is 14.5. The van der Waals surface area contributed by atoms with Gasteiger partial charge < -0.3 is 9.30 Å². The van der Waals surface area contributed by atoms with Gasteiger partial charge in [-0.2, -0.15) is 4.31 Å².